The lowest BCUT2D eigenvalue weighted by atomic mass is 10.1. The molecule has 0 atom stereocenters. The number of aryl methyl sites for hydroxylation is 3. The van der Waals surface area contributed by atoms with Crippen molar-refractivity contribution in [1.82, 2.24) is 0 Å². The molecule has 3 aromatic rings. The van der Waals surface area contributed by atoms with E-state index in [-0.39, 0.29) is 23.8 Å². The van der Waals surface area contributed by atoms with E-state index in [1.165, 1.54) is 12.1 Å². The van der Waals surface area contributed by atoms with Gasteiger partial charge in [0.1, 0.15) is 5.75 Å². The predicted molar refractivity (Wildman–Crippen MR) is 123 cm³/mol. The van der Waals surface area contributed by atoms with Crippen molar-refractivity contribution in [2.24, 2.45) is 0 Å². The van der Waals surface area contributed by atoms with Crippen LogP contribution in [0.15, 0.2) is 71.6 Å². The molecule has 0 saturated heterocycles. The van der Waals surface area contributed by atoms with Gasteiger partial charge in [-0.3, -0.25) is 9.52 Å². The Hall–Kier alpha value is -3.32. The van der Waals surface area contributed by atoms with Gasteiger partial charge in [-0.15, -0.1) is 0 Å². The van der Waals surface area contributed by atoms with Crippen LogP contribution in [-0.2, 0) is 14.8 Å². The van der Waals surface area contributed by atoms with Crippen LogP contribution in [0, 0.1) is 20.8 Å². The first kappa shape index (κ1) is 22.4. The number of benzene rings is 3. The van der Waals surface area contributed by atoms with E-state index in [0.29, 0.717) is 11.4 Å². The molecule has 6 nitrogen and oxygen atoms in total. The molecule has 0 bridgehead atoms. The number of nitrogens with one attached hydrogen (secondary N) is 2. The van der Waals surface area contributed by atoms with E-state index < -0.39 is 10.0 Å². The maximum absolute atomic E-state index is 12.6. The normalized spacial score (nSPS) is 11.1. The van der Waals surface area contributed by atoms with Crippen molar-refractivity contribution in [3.8, 4) is 5.75 Å². The Morgan fingerprint density at radius 3 is 2.35 bits per heavy atom. The smallest absolute Gasteiger partial charge is 0.261 e. The van der Waals surface area contributed by atoms with Crippen LogP contribution in [0.1, 0.15) is 23.1 Å². The number of anilines is 2. The number of rotatable bonds is 8. The van der Waals surface area contributed by atoms with Gasteiger partial charge in [0, 0.05) is 5.69 Å². The number of hydrogen-bond donors (Lipinski definition) is 2. The molecule has 0 aromatic heterocycles. The Labute approximate surface area is 183 Å². The Kier molecular flexibility index (Phi) is 6.97. The van der Waals surface area contributed by atoms with Gasteiger partial charge in [0.05, 0.1) is 23.6 Å². The molecular formula is C24H26N2O4S. The van der Waals surface area contributed by atoms with E-state index in [2.05, 4.69) is 10.0 Å². The largest absolute Gasteiger partial charge is 0.493 e. The average molecular weight is 439 g/mol. The first-order chi connectivity index (χ1) is 14.7. The Morgan fingerprint density at radius 1 is 0.903 bits per heavy atom. The van der Waals surface area contributed by atoms with E-state index in [1.54, 1.807) is 43.3 Å². The molecule has 3 aromatic carbocycles. The minimum atomic E-state index is -3.72. The van der Waals surface area contributed by atoms with Crippen molar-refractivity contribution in [1.29, 1.82) is 0 Å². The number of ether oxygens (including phenoxy) is 1. The van der Waals surface area contributed by atoms with Crippen molar-refractivity contribution >= 4 is 27.3 Å². The standard InChI is InChI=1S/C24H26N2O4S/c1-17-9-10-19(3)23(15-17)30-14-13-24(27)25-20-12-11-18(2)22(16-20)26-31(28,29)21-7-5-4-6-8-21/h4-12,15-16,26H,13-14H2,1-3H3,(H,25,27). The van der Waals surface area contributed by atoms with E-state index in [9.17, 15) is 13.2 Å². The minimum absolute atomic E-state index is 0.173. The van der Waals surface area contributed by atoms with E-state index in [4.69, 9.17) is 4.74 Å². The van der Waals surface area contributed by atoms with Crippen LogP contribution in [0.5, 0.6) is 5.75 Å². The van der Waals surface area contributed by atoms with Crippen molar-refractivity contribution < 1.29 is 17.9 Å². The maximum Gasteiger partial charge on any atom is 0.261 e. The zero-order chi connectivity index (χ0) is 22.4. The molecule has 2 N–H and O–H groups in total. The fourth-order valence-electron chi connectivity index (χ4n) is 2.95. The minimum Gasteiger partial charge on any atom is -0.493 e. The molecule has 0 spiro atoms. The summed E-state index contributed by atoms with van der Waals surface area (Å²) in [6.07, 6.45) is 0.173. The molecule has 1 amide bonds. The lowest BCUT2D eigenvalue weighted by Crippen LogP contribution is -2.16. The molecule has 0 aliphatic carbocycles. The molecule has 31 heavy (non-hydrogen) atoms. The van der Waals surface area contributed by atoms with Gasteiger partial charge < -0.3 is 10.1 Å². The van der Waals surface area contributed by atoms with Crippen molar-refractivity contribution in [3.63, 3.8) is 0 Å². The number of carbonyl (C=O) groups excluding carboxylic acids is 1. The topological polar surface area (TPSA) is 84.5 Å². The summed E-state index contributed by atoms with van der Waals surface area (Å²) in [5, 5.41) is 2.79. The van der Waals surface area contributed by atoms with Gasteiger partial charge in [-0.1, -0.05) is 36.4 Å². The van der Waals surface area contributed by atoms with Gasteiger partial charge in [-0.2, -0.15) is 0 Å². The van der Waals surface area contributed by atoms with E-state index >= 15 is 0 Å². The summed E-state index contributed by atoms with van der Waals surface area (Å²) in [5.41, 5.74) is 3.77. The molecule has 7 heteroatoms. The summed E-state index contributed by atoms with van der Waals surface area (Å²) in [6.45, 7) is 5.99. The van der Waals surface area contributed by atoms with E-state index in [1.807, 2.05) is 32.0 Å². The van der Waals surface area contributed by atoms with Gasteiger partial charge in [0.2, 0.25) is 5.91 Å². The second-order valence-electron chi connectivity index (χ2n) is 7.36. The summed E-state index contributed by atoms with van der Waals surface area (Å²) < 4.78 is 33.5. The van der Waals surface area contributed by atoms with Crippen LogP contribution < -0.4 is 14.8 Å². The summed E-state index contributed by atoms with van der Waals surface area (Å²) in [5.74, 6) is 0.548. The first-order valence-corrected chi connectivity index (χ1v) is 11.4. The zero-order valence-corrected chi connectivity index (χ0v) is 18.6. The van der Waals surface area contributed by atoms with Gasteiger partial charge in [0.15, 0.2) is 0 Å². The number of carbonyl (C=O) groups is 1. The highest BCUT2D eigenvalue weighted by Crippen LogP contribution is 2.24. The lowest BCUT2D eigenvalue weighted by molar-refractivity contribution is -0.116. The third-order valence-electron chi connectivity index (χ3n) is 4.75. The van der Waals surface area contributed by atoms with Gasteiger partial charge in [0.25, 0.3) is 10.0 Å². The van der Waals surface area contributed by atoms with Crippen molar-refractivity contribution in [2.45, 2.75) is 32.1 Å². The molecule has 0 heterocycles. The molecule has 0 radical (unpaired) electrons. The number of hydrogen-bond acceptors (Lipinski definition) is 4. The van der Waals surface area contributed by atoms with Crippen LogP contribution in [0.4, 0.5) is 11.4 Å². The zero-order valence-electron chi connectivity index (χ0n) is 17.8. The molecule has 0 saturated carbocycles. The van der Waals surface area contributed by atoms with Gasteiger partial charge >= 0.3 is 0 Å². The fourth-order valence-corrected chi connectivity index (χ4v) is 4.10. The molecule has 0 fully saturated rings. The highest BCUT2D eigenvalue weighted by Gasteiger charge is 2.15. The van der Waals surface area contributed by atoms with Crippen LogP contribution in [0.3, 0.4) is 0 Å². The third-order valence-corrected chi connectivity index (χ3v) is 6.13. The van der Waals surface area contributed by atoms with E-state index in [0.717, 1.165) is 22.4 Å². The third kappa shape index (κ3) is 6.08. The van der Waals surface area contributed by atoms with Crippen molar-refractivity contribution in [3.05, 3.63) is 83.4 Å². The predicted octanol–water partition coefficient (Wildman–Crippen LogP) is 4.82. The Morgan fingerprint density at radius 2 is 1.61 bits per heavy atom. The van der Waals surface area contributed by atoms with Crippen LogP contribution in [-0.4, -0.2) is 20.9 Å². The highest BCUT2D eigenvalue weighted by atomic mass is 32.2. The second kappa shape index (κ2) is 9.66. The average Bonchev–Trinajstić information content (AvgIpc) is 2.73. The maximum atomic E-state index is 12.6. The quantitative estimate of drug-likeness (QED) is 0.528. The van der Waals surface area contributed by atoms with Gasteiger partial charge in [-0.05, 0) is 67.8 Å². The lowest BCUT2D eigenvalue weighted by Gasteiger charge is -2.13. The molecule has 0 aliphatic heterocycles. The van der Waals surface area contributed by atoms with Crippen LogP contribution in [0.2, 0.25) is 0 Å². The first-order valence-electron chi connectivity index (χ1n) is 9.93. The molecule has 0 aliphatic rings. The molecule has 0 unspecified atom stereocenters. The Balaban J connectivity index is 1.62. The molecule has 162 valence electrons. The van der Waals surface area contributed by atoms with Crippen LogP contribution in [0.25, 0.3) is 0 Å². The summed E-state index contributed by atoms with van der Waals surface area (Å²) in [4.78, 5) is 12.5. The summed E-state index contributed by atoms with van der Waals surface area (Å²) >= 11 is 0. The molecular weight excluding hydrogens is 412 g/mol. The SMILES string of the molecule is Cc1ccc(C)c(OCCC(=O)Nc2ccc(C)c(NS(=O)(=O)c3ccccc3)c2)c1. The summed E-state index contributed by atoms with van der Waals surface area (Å²) in [7, 11) is -3.72. The van der Waals surface area contributed by atoms with Crippen LogP contribution >= 0.6 is 0 Å². The number of sulfonamides is 1. The highest BCUT2D eigenvalue weighted by molar-refractivity contribution is 7.92. The van der Waals surface area contributed by atoms with Crippen molar-refractivity contribution in [2.75, 3.05) is 16.6 Å². The summed E-state index contributed by atoms with van der Waals surface area (Å²) in [6, 6.07) is 19.2. The van der Waals surface area contributed by atoms with Gasteiger partial charge in [-0.25, -0.2) is 8.42 Å². The molecule has 3 rings (SSSR count). The Bertz CT molecular complexity index is 1180. The second-order valence-corrected chi connectivity index (χ2v) is 9.05. The number of amides is 1. The fraction of sp³-hybridized carbons (Fsp3) is 0.208. The monoisotopic (exact) mass is 438 g/mol.